The van der Waals surface area contributed by atoms with E-state index >= 15 is 0 Å². The zero-order valence-electron chi connectivity index (χ0n) is 7.78. The van der Waals surface area contributed by atoms with E-state index in [1.54, 1.807) is 12.3 Å². The second-order valence-electron chi connectivity index (χ2n) is 3.06. The smallest absolute Gasteiger partial charge is 0.365 e. The molecule has 3 heterocycles. The molecule has 3 aromatic rings. The Hall–Kier alpha value is -2.15. The maximum atomic E-state index is 10.8. The van der Waals surface area contributed by atoms with E-state index in [0.717, 1.165) is 11.3 Å². The Morgan fingerprint density at radius 1 is 1.25 bits per heavy atom. The highest BCUT2D eigenvalue weighted by atomic mass is 32.1. The Balaban J connectivity index is 2.38. The Bertz CT molecular complexity index is 656. The van der Waals surface area contributed by atoms with Crippen LogP contribution in [0, 0.1) is 0 Å². The van der Waals surface area contributed by atoms with Crippen molar-refractivity contribution in [3.63, 3.8) is 0 Å². The fourth-order valence-corrected chi connectivity index (χ4v) is 2.13. The summed E-state index contributed by atoms with van der Waals surface area (Å²) in [6, 6.07) is 1.71. The summed E-state index contributed by atoms with van der Waals surface area (Å²) < 4.78 is 0. The highest BCUT2D eigenvalue weighted by Gasteiger charge is 2.12. The number of aromatic carboxylic acids is 1. The number of carboxylic acid groups (broad SMARTS) is 1. The lowest BCUT2D eigenvalue weighted by Gasteiger charge is -1.93. The predicted molar refractivity (Wildman–Crippen MR) is 57.5 cm³/mol. The summed E-state index contributed by atoms with van der Waals surface area (Å²) in [6.45, 7) is 0. The SMILES string of the molecule is O=C(O)c1nc2cc3ncncc3nc2s1. The third-order valence-electron chi connectivity index (χ3n) is 2.04. The van der Waals surface area contributed by atoms with Gasteiger partial charge in [-0.3, -0.25) is 0 Å². The highest BCUT2D eigenvalue weighted by molar-refractivity contribution is 7.19. The Morgan fingerprint density at radius 3 is 2.94 bits per heavy atom. The van der Waals surface area contributed by atoms with Crippen LogP contribution >= 0.6 is 11.3 Å². The van der Waals surface area contributed by atoms with Crippen molar-refractivity contribution >= 4 is 38.7 Å². The summed E-state index contributed by atoms with van der Waals surface area (Å²) in [4.78, 5) is 27.4. The molecule has 0 fully saturated rings. The lowest BCUT2D eigenvalue weighted by molar-refractivity contribution is 0.0696. The molecular weight excluding hydrogens is 228 g/mol. The third-order valence-corrected chi connectivity index (χ3v) is 2.99. The van der Waals surface area contributed by atoms with E-state index < -0.39 is 5.97 Å². The van der Waals surface area contributed by atoms with Gasteiger partial charge in [-0.05, 0) is 6.07 Å². The van der Waals surface area contributed by atoms with Crippen LogP contribution in [0.5, 0.6) is 0 Å². The van der Waals surface area contributed by atoms with Crippen molar-refractivity contribution in [1.82, 2.24) is 19.9 Å². The molecule has 0 aromatic carbocycles. The van der Waals surface area contributed by atoms with Crippen molar-refractivity contribution in [3.8, 4) is 0 Å². The second-order valence-corrected chi connectivity index (χ2v) is 4.04. The fourth-order valence-electron chi connectivity index (χ4n) is 1.36. The van der Waals surface area contributed by atoms with Crippen LogP contribution in [0.15, 0.2) is 18.6 Å². The molecule has 7 heteroatoms. The van der Waals surface area contributed by atoms with Gasteiger partial charge in [-0.1, -0.05) is 11.3 Å². The number of carboxylic acids is 1. The quantitative estimate of drug-likeness (QED) is 0.680. The van der Waals surface area contributed by atoms with Crippen LogP contribution in [0.25, 0.3) is 21.4 Å². The van der Waals surface area contributed by atoms with Gasteiger partial charge in [0, 0.05) is 0 Å². The molecule has 16 heavy (non-hydrogen) atoms. The molecule has 78 valence electrons. The average molecular weight is 232 g/mol. The largest absolute Gasteiger partial charge is 0.476 e. The number of pyridine rings is 1. The van der Waals surface area contributed by atoms with Crippen molar-refractivity contribution in [2.24, 2.45) is 0 Å². The molecular formula is C9H4N4O2S. The number of hydrogen-bond donors (Lipinski definition) is 1. The molecule has 0 saturated heterocycles. The van der Waals surface area contributed by atoms with E-state index in [-0.39, 0.29) is 5.01 Å². The molecule has 0 atom stereocenters. The van der Waals surface area contributed by atoms with Crippen molar-refractivity contribution in [3.05, 3.63) is 23.6 Å². The molecule has 0 unspecified atom stereocenters. The summed E-state index contributed by atoms with van der Waals surface area (Å²) in [5.41, 5.74) is 1.84. The van der Waals surface area contributed by atoms with Crippen molar-refractivity contribution in [1.29, 1.82) is 0 Å². The third kappa shape index (κ3) is 1.29. The molecule has 0 aliphatic heterocycles. The van der Waals surface area contributed by atoms with Gasteiger partial charge in [0.2, 0.25) is 5.01 Å². The van der Waals surface area contributed by atoms with Gasteiger partial charge in [-0.15, -0.1) is 0 Å². The zero-order chi connectivity index (χ0) is 11.1. The predicted octanol–water partition coefficient (Wildman–Crippen LogP) is 1.33. The van der Waals surface area contributed by atoms with Crippen LogP contribution in [-0.4, -0.2) is 31.0 Å². The van der Waals surface area contributed by atoms with E-state index in [9.17, 15) is 4.79 Å². The van der Waals surface area contributed by atoms with Gasteiger partial charge in [0.15, 0.2) is 0 Å². The summed E-state index contributed by atoms with van der Waals surface area (Å²) >= 11 is 1.04. The number of fused-ring (bicyclic) bond motifs is 2. The van der Waals surface area contributed by atoms with Crippen LogP contribution in [0.3, 0.4) is 0 Å². The number of nitrogens with zero attached hydrogens (tertiary/aromatic N) is 4. The molecule has 0 radical (unpaired) electrons. The second kappa shape index (κ2) is 3.17. The molecule has 6 nitrogen and oxygen atoms in total. The van der Waals surface area contributed by atoms with E-state index in [1.807, 2.05) is 0 Å². The van der Waals surface area contributed by atoms with Gasteiger partial charge in [0.05, 0.1) is 11.7 Å². The molecule has 0 amide bonds. The molecule has 3 rings (SSSR count). The van der Waals surface area contributed by atoms with Gasteiger partial charge in [0.25, 0.3) is 0 Å². The maximum absolute atomic E-state index is 10.8. The summed E-state index contributed by atoms with van der Waals surface area (Å²) in [7, 11) is 0. The van der Waals surface area contributed by atoms with E-state index in [0.29, 0.717) is 21.4 Å². The summed E-state index contributed by atoms with van der Waals surface area (Å²) in [6.07, 6.45) is 3.00. The minimum Gasteiger partial charge on any atom is -0.476 e. The first kappa shape index (κ1) is 9.10. The lowest BCUT2D eigenvalue weighted by atomic mass is 10.3. The normalized spacial score (nSPS) is 11.0. The molecule has 0 bridgehead atoms. The molecule has 0 saturated carbocycles. The highest BCUT2D eigenvalue weighted by Crippen LogP contribution is 2.22. The lowest BCUT2D eigenvalue weighted by Crippen LogP contribution is -1.93. The van der Waals surface area contributed by atoms with Crippen molar-refractivity contribution < 1.29 is 9.90 Å². The van der Waals surface area contributed by atoms with Crippen molar-refractivity contribution in [2.45, 2.75) is 0 Å². The van der Waals surface area contributed by atoms with Crippen LogP contribution in [0.4, 0.5) is 0 Å². The standard InChI is InChI=1S/C9H4N4O2S/c14-9(15)8-12-5-1-4-6(2-10-3-11-4)13-7(5)16-8/h1-3H,(H,14,15). The maximum Gasteiger partial charge on any atom is 0.365 e. The van der Waals surface area contributed by atoms with Gasteiger partial charge in [0.1, 0.15) is 22.2 Å². The first-order valence-electron chi connectivity index (χ1n) is 4.34. The number of thiazole rings is 1. The van der Waals surface area contributed by atoms with Gasteiger partial charge in [-0.25, -0.2) is 24.7 Å². The number of rotatable bonds is 1. The van der Waals surface area contributed by atoms with Gasteiger partial charge >= 0.3 is 5.97 Å². The van der Waals surface area contributed by atoms with E-state index in [1.165, 1.54) is 6.33 Å². The van der Waals surface area contributed by atoms with Gasteiger partial charge in [-0.2, -0.15) is 0 Å². The molecule has 0 aliphatic carbocycles. The summed E-state index contributed by atoms with van der Waals surface area (Å²) in [5, 5.41) is 8.85. The minimum absolute atomic E-state index is 0.0331. The van der Waals surface area contributed by atoms with Crippen LogP contribution in [0.1, 0.15) is 9.80 Å². The van der Waals surface area contributed by atoms with E-state index in [4.69, 9.17) is 5.11 Å². The molecule has 0 spiro atoms. The number of carbonyl (C=O) groups is 1. The fraction of sp³-hybridized carbons (Fsp3) is 0. The Morgan fingerprint density at radius 2 is 2.12 bits per heavy atom. The molecule has 1 N–H and O–H groups in total. The number of aromatic nitrogens is 4. The molecule has 0 aliphatic rings. The first-order chi connectivity index (χ1) is 7.74. The van der Waals surface area contributed by atoms with Crippen LogP contribution < -0.4 is 0 Å². The van der Waals surface area contributed by atoms with E-state index in [2.05, 4.69) is 19.9 Å². The molecule has 3 aromatic heterocycles. The first-order valence-corrected chi connectivity index (χ1v) is 5.16. The summed E-state index contributed by atoms with van der Waals surface area (Å²) in [5.74, 6) is -1.04. The Labute approximate surface area is 92.6 Å². The Kier molecular flexibility index (Phi) is 1.80. The monoisotopic (exact) mass is 232 g/mol. The number of hydrogen-bond acceptors (Lipinski definition) is 6. The van der Waals surface area contributed by atoms with Crippen molar-refractivity contribution in [2.75, 3.05) is 0 Å². The van der Waals surface area contributed by atoms with Gasteiger partial charge < -0.3 is 5.11 Å². The van der Waals surface area contributed by atoms with Crippen LogP contribution in [-0.2, 0) is 0 Å². The topological polar surface area (TPSA) is 88.9 Å². The zero-order valence-corrected chi connectivity index (χ0v) is 8.60. The average Bonchev–Trinajstić information content (AvgIpc) is 2.68. The minimum atomic E-state index is -1.04. The van der Waals surface area contributed by atoms with Crippen LogP contribution in [0.2, 0.25) is 0 Å².